The monoisotopic (exact) mass is 375 g/mol. The summed E-state index contributed by atoms with van der Waals surface area (Å²) in [7, 11) is 0. The number of halogens is 3. The van der Waals surface area contributed by atoms with Crippen molar-refractivity contribution < 1.29 is 17.9 Å². The average Bonchev–Trinajstić information content (AvgIpc) is 2.63. The van der Waals surface area contributed by atoms with Crippen LogP contribution in [-0.2, 0) is 6.54 Å². The van der Waals surface area contributed by atoms with E-state index in [0.717, 1.165) is 11.1 Å². The highest BCUT2D eigenvalue weighted by atomic mass is 19.4. The minimum absolute atomic E-state index is 0.135. The SMILES string of the molecule is Cc1ccc(Cn2nc(-c3ccc(OCC(F)(F)F)nc3)ccc2=O)cc1. The molecule has 5 nitrogen and oxygen atoms in total. The fourth-order valence-corrected chi connectivity index (χ4v) is 2.36. The van der Waals surface area contributed by atoms with Gasteiger partial charge in [0.15, 0.2) is 6.61 Å². The molecule has 0 radical (unpaired) electrons. The van der Waals surface area contributed by atoms with Gasteiger partial charge in [0.1, 0.15) is 0 Å². The Morgan fingerprint density at radius 2 is 1.78 bits per heavy atom. The Bertz CT molecular complexity index is 965. The molecule has 3 aromatic rings. The molecule has 2 heterocycles. The molecule has 0 fully saturated rings. The molecule has 27 heavy (non-hydrogen) atoms. The predicted octanol–water partition coefficient (Wildman–Crippen LogP) is 3.60. The summed E-state index contributed by atoms with van der Waals surface area (Å²) in [6, 6.07) is 13.6. The first-order valence-electron chi connectivity index (χ1n) is 8.10. The standard InChI is InChI=1S/C19H16F3N3O2/c1-13-2-4-14(5-3-13)11-25-18(26)9-7-16(24-25)15-6-8-17(23-10-15)27-12-19(20,21)22/h2-10H,11-12H2,1H3. The molecule has 8 heteroatoms. The van der Waals surface area contributed by atoms with Crippen molar-refractivity contribution in [2.24, 2.45) is 0 Å². The highest BCUT2D eigenvalue weighted by molar-refractivity contribution is 5.57. The molecule has 0 bridgehead atoms. The lowest BCUT2D eigenvalue weighted by Crippen LogP contribution is -2.22. The van der Waals surface area contributed by atoms with Crippen molar-refractivity contribution in [1.82, 2.24) is 14.8 Å². The minimum atomic E-state index is -4.42. The predicted molar refractivity (Wildman–Crippen MR) is 93.6 cm³/mol. The van der Waals surface area contributed by atoms with Crippen LogP contribution in [0.5, 0.6) is 5.88 Å². The van der Waals surface area contributed by atoms with Crippen LogP contribution >= 0.6 is 0 Å². The van der Waals surface area contributed by atoms with Crippen LogP contribution in [0.25, 0.3) is 11.3 Å². The molecule has 0 aliphatic carbocycles. The molecular formula is C19H16F3N3O2. The largest absolute Gasteiger partial charge is 0.468 e. The summed E-state index contributed by atoms with van der Waals surface area (Å²) >= 11 is 0. The smallest absolute Gasteiger partial charge is 0.422 e. The summed E-state index contributed by atoms with van der Waals surface area (Å²) in [5, 5.41) is 4.32. The summed E-state index contributed by atoms with van der Waals surface area (Å²) in [6.45, 7) is 0.885. The van der Waals surface area contributed by atoms with Crippen LogP contribution in [0.4, 0.5) is 13.2 Å². The van der Waals surface area contributed by atoms with E-state index in [4.69, 9.17) is 0 Å². The molecule has 0 N–H and O–H groups in total. The van der Waals surface area contributed by atoms with E-state index in [1.807, 2.05) is 31.2 Å². The maximum absolute atomic E-state index is 12.2. The lowest BCUT2D eigenvalue weighted by Gasteiger charge is -2.09. The Balaban J connectivity index is 1.79. The number of rotatable bonds is 5. The van der Waals surface area contributed by atoms with Crippen LogP contribution < -0.4 is 10.3 Å². The zero-order valence-corrected chi connectivity index (χ0v) is 14.4. The Morgan fingerprint density at radius 3 is 2.41 bits per heavy atom. The van der Waals surface area contributed by atoms with Crippen LogP contribution in [0.1, 0.15) is 11.1 Å². The van der Waals surface area contributed by atoms with Gasteiger partial charge in [-0.05, 0) is 24.6 Å². The van der Waals surface area contributed by atoms with E-state index in [9.17, 15) is 18.0 Å². The van der Waals surface area contributed by atoms with E-state index in [2.05, 4.69) is 14.8 Å². The third-order valence-corrected chi connectivity index (χ3v) is 3.74. The van der Waals surface area contributed by atoms with Crippen LogP contribution in [0.3, 0.4) is 0 Å². The Hall–Kier alpha value is -3.16. The van der Waals surface area contributed by atoms with E-state index in [0.29, 0.717) is 17.8 Å². The van der Waals surface area contributed by atoms with Crippen LogP contribution in [0.2, 0.25) is 0 Å². The Kier molecular flexibility index (Phi) is 5.25. The normalized spacial score (nSPS) is 11.4. The van der Waals surface area contributed by atoms with E-state index >= 15 is 0 Å². The van der Waals surface area contributed by atoms with Crippen molar-refractivity contribution in [3.05, 3.63) is 76.2 Å². The van der Waals surface area contributed by atoms with Crippen molar-refractivity contribution >= 4 is 0 Å². The number of hydrogen-bond donors (Lipinski definition) is 0. The number of ether oxygens (including phenoxy) is 1. The summed E-state index contributed by atoms with van der Waals surface area (Å²) in [4.78, 5) is 15.9. The Labute approximate surface area is 153 Å². The zero-order chi connectivity index (χ0) is 19.4. The quantitative estimate of drug-likeness (QED) is 0.684. The molecule has 0 unspecified atom stereocenters. The highest BCUT2D eigenvalue weighted by Gasteiger charge is 2.28. The van der Waals surface area contributed by atoms with Gasteiger partial charge in [-0.1, -0.05) is 29.8 Å². The first kappa shape index (κ1) is 18.6. The topological polar surface area (TPSA) is 57.0 Å². The number of alkyl halides is 3. The maximum Gasteiger partial charge on any atom is 0.422 e. The molecule has 1 aromatic carbocycles. The summed E-state index contributed by atoms with van der Waals surface area (Å²) in [5.74, 6) is -0.135. The summed E-state index contributed by atoms with van der Waals surface area (Å²) in [6.07, 6.45) is -3.07. The molecule has 0 saturated carbocycles. The van der Waals surface area contributed by atoms with Gasteiger partial charge in [-0.15, -0.1) is 0 Å². The molecule has 0 atom stereocenters. The fraction of sp³-hybridized carbons (Fsp3) is 0.211. The molecule has 0 aliphatic rings. The van der Waals surface area contributed by atoms with Gasteiger partial charge in [0, 0.05) is 23.9 Å². The summed E-state index contributed by atoms with van der Waals surface area (Å²) in [5.41, 5.74) is 2.84. The van der Waals surface area contributed by atoms with Gasteiger partial charge in [0.2, 0.25) is 5.88 Å². The lowest BCUT2D eigenvalue weighted by molar-refractivity contribution is -0.154. The zero-order valence-electron chi connectivity index (χ0n) is 14.4. The number of nitrogens with zero attached hydrogens (tertiary/aromatic N) is 3. The minimum Gasteiger partial charge on any atom is -0.468 e. The van der Waals surface area contributed by atoms with Crippen molar-refractivity contribution in [2.45, 2.75) is 19.6 Å². The second-order valence-corrected chi connectivity index (χ2v) is 5.99. The van der Waals surface area contributed by atoms with Crippen molar-refractivity contribution in [3.63, 3.8) is 0 Å². The molecule has 140 valence electrons. The van der Waals surface area contributed by atoms with Gasteiger partial charge in [-0.2, -0.15) is 18.3 Å². The van der Waals surface area contributed by atoms with Gasteiger partial charge in [0.05, 0.1) is 12.2 Å². The van der Waals surface area contributed by atoms with Gasteiger partial charge in [0.25, 0.3) is 5.56 Å². The third-order valence-electron chi connectivity index (χ3n) is 3.74. The lowest BCUT2D eigenvalue weighted by atomic mass is 10.1. The van der Waals surface area contributed by atoms with E-state index in [-0.39, 0.29) is 11.4 Å². The third kappa shape index (κ3) is 5.16. The van der Waals surface area contributed by atoms with E-state index in [1.165, 1.54) is 23.0 Å². The molecule has 3 rings (SSSR count). The van der Waals surface area contributed by atoms with Crippen LogP contribution in [0, 0.1) is 6.92 Å². The van der Waals surface area contributed by atoms with Crippen LogP contribution in [0.15, 0.2) is 59.5 Å². The van der Waals surface area contributed by atoms with Gasteiger partial charge in [-0.25, -0.2) is 9.67 Å². The second kappa shape index (κ2) is 7.61. The van der Waals surface area contributed by atoms with Crippen LogP contribution in [-0.4, -0.2) is 27.5 Å². The number of benzene rings is 1. The van der Waals surface area contributed by atoms with Crippen molar-refractivity contribution in [3.8, 4) is 17.1 Å². The highest BCUT2D eigenvalue weighted by Crippen LogP contribution is 2.20. The summed E-state index contributed by atoms with van der Waals surface area (Å²) < 4.78 is 42.4. The van der Waals surface area contributed by atoms with Crippen molar-refractivity contribution in [1.29, 1.82) is 0 Å². The first-order valence-corrected chi connectivity index (χ1v) is 8.10. The Morgan fingerprint density at radius 1 is 1.04 bits per heavy atom. The maximum atomic E-state index is 12.2. The number of aryl methyl sites for hydroxylation is 1. The van der Waals surface area contributed by atoms with E-state index < -0.39 is 12.8 Å². The number of aromatic nitrogens is 3. The van der Waals surface area contributed by atoms with E-state index in [1.54, 1.807) is 12.1 Å². The first-order chi connectivity index (χ1) is 12.8. The molecule has 0 aliphatic heterocycles. The van der Waals surface area contributed by atoms with Gasteiger partial charge >= 0.3 is 6.18 Å². The second-order valence-electron chi connectivity index (χ2n) is 5.99. The van der Waals surface area contributed by atoms with Crippen molar-refractivity contribution in [2.75, 3.05) is 6.61 Å². The fourth-order valence-electron chi connectivity index (χ4n) is 2.36. The molecule has 0 saturated heterocycles. The molecular weight excluding hydrogens is 359 g/mol. The molecule has 0 amide bonds. The van der Waals surface area contributed by atoms with Gasteiger partial charge in [-0.3, -0.25) is 4.79 Å². The van der Waals surface area contributed by atoms with Gasteiger partial charge < -0.3 is 4.74 Å². The molecule has 2 aromatic heterocycles. The average molecular weight is 375 g/mol. The molecule has 0 spiro atoms. The number of pyridine rings is 1. The number of hydrogen-bond acceptors (Lipinski definition) is 4.